The lowest BCUT2D eigenvalue weighted by atomic mass is 10.0. The Morgan fingerprint density at radius 3 is 2.79 bits per heavy atom. The van der Waals surface area contributed by atoms with Crippen LogP contribution in [0.5, 0.6) is 5.75 Å². The highest BCUT2D eigenvalue weighted by Gasteiger charge is 2.16. The van der Waals surface area contributed by atoms with E-state index in [2.05, 4.69) is 15.5 Å². The van der Waals surface area contributed by atoms with E-state index >= 15 is 0 Å². The molecule has 124 valence electrons. The van der Waals surface area contributed by atoms with Gasteiger partial charge in [0.1, 0.15) is 16.3 Å². The second kappa shape index (κ2) is 6.40. The zero-order valence-corrected chi connectivity index (χ0v) is 14.2. The van der Waals surface area contributed by atoms with Crippen LogP contribution < -0.4 is 15.7 Å². The van der Waals surface area contributed by atoms with Crippen molar-refractivity contribution in [2.24, 2.45) is 0 Å². The fraction of sp³-hybridized carbons (Fsp3) is 0.250. The van der Waals surface area contributed by atoms with Crippen molar-refractivity contribution in [1.82, 2.24) is 10.2 Å². The van der Waals surface area contributed by atoms with Crippen LogP contribution in [0, 0.1) is 13.8 Å². The van der Waals surface area contributed by atoms with Crippen molar-refractivity contribution in [2.45, 2.75) is 20.3 Å². The van der Waals surface area contributed by atoms with Crippen LogP contribution in [0.2, 0.25) is 0 Å². The molecule has 1 amide bonds. The van der Waals surface area contributed by atoms with E-state index in [-0.39, 0.29) is 12.3 Å². The largest absolute Gasteiger partial charge is 0.497 e. The Labute approximate surface area is 141 Å². The average molecular weight is 345 g/mol. The molecule has 0 fully saturated rings. The quantitative estimate of drug-likeness (QED) is 0.730. The van der Waals surface area contributed by atoms with Gasteiger partial charge in [0, 0.05) is 11.5 Å². The summed E-state index contributed by atoms with van der Waals surface area (Å²) in [6.07, 6.45) is -0.0885. The van der Waals surface area contributed by atoms with Crippen LogP contribution in [0.3, 0.4) is 0 Å². The normalized spacial score (nSPS) is 10.8. The number of methoxy groups -OCH3 is 1. The van der Waals surface area contributed by atoms with Crippen LogP contribution in [0.15, 0.2) is 27.4 Å². The molecule has 0 unspecified atom stereocenters. The summed E-state index contributed by atoms with van der Waals surface area (Å²) >= 11 is 1.27. The average Bonchev–Trinajstić information content (AvgIpc) is 2.95. The van der Waals surface area contributed by atoms with Gasteiger partial charge >= 0.3 is 5.63 Å². The molecule has 8 heteroatoms. The number of amides is 1. The molecule has 2 heterocycles. The molecule has 24 heavy (non-hydrogen) atoms. The van der Waals surface area contributed by atoms with E-state index in [0.717, 1.165) is 10.4 Å². The molecule has 2 aromatic heterocycles. The Kier molecular flexibility index (Phi) is 4.30. The molecule has 0 aliphatic rings. The van der Waals surface area contributed by atoms with E-state index in [4.69, 9.17) is 9.15 Å². The minimum absolute atomic E-state index is 0.0885. The molecule has 0 radical (unpaired) electrons. The van der Waals surface area contributed by atoms with Crippen molar-refractivity contribution in [3.05, 3.63) is 44.8 Å². The highest BCUT2D eigenvalue weighted by atomic mass is 32.1. The first-order valence-corrected chi connectivity index (χ1v) is 8.00. The van der Waals surface area contributed by atoms with Gasteiger partial charge in [-0.25, -0.2) is 4.79 Å². The molecule has 0 aliphatic carbocycles. The van der Waals surface area contributed by atoms with E-state index < -0.39 is 5.63 Å². The summed E-state index contributed by atoms with van der Waals surface area (Å²) in [6.45, 7) is 3.59. The Balaban J connectivity index is 1.91. The van der Waals surface area contributed by atoms with Crippen LogP contribution in [0.4, 0.5) is 5.13 Å². The van der Waals surface area contributed by atoms with Crippen LogP contribution in [0.25, 0.3) is 11.0 Å². The summed E-state index contributed by atoms with van der Waals surface area (Å²) in [5.74, 6) is 0.261. The number of carbonyl (C=O) groups excluding carboxylic acids is 1. The van der Waals surface area contributed by atoms with E-state index in [1.54, 1.807) is 33.1 Å². The summed E-state index contributed by atoms with van der Waals surface area (Å²) in [4.78, 5) is 24.4. The third-order valence-corrected chi connectivity index (χ3v) is 4.36. The Morgan fingerprint density at radius 2 is 2.12 bits per heavy atom. The van der Waals surface area contributed by atoms with Crippen LogP contribution in [-0.4, -0.2) is 23.2 Å². The Hall–Kier alpha value is -2.74. The number of hydrogen-bond acceptors (Lipinski definition) is 7. The van der Waals surface area contributed by atoms with Crippen molar-refractivity contribution < 1.29 is 13.9 Å². The summed E-state index contributed by atoms with van der Waals surface area (Å²) in [7, 11) is 1.54. The fourth-order valence-corrected chi connectivity index (χ4v) is 2.98. The van der Waals surface area contributed by atoms with Gasteiger partial charge in [0.2, 0.25) is 11.0 Å². The van der Waals surface area contributed by atoms with Gasteiger partial charge in [-0.2, -0.15) is 0 Å². The number of ether oxygens (including phenoxy) is 1. The van der Waals surface area contributed by atoms with Gasteiger partial charge in [0.05, 0.1) is 19.1 Å². The first-order chi connectivity index (χ1) is 11.5. The number of nitrogens with one attached hydrogen (secondary N) is 1. The summed E-state index contributed by atoms with van der Waals surface area (Å²) in [5, 5.41) is 12.2. The van der Waals surface area contributed by atoms with Crippen LogP contribution >= 0.6 is 11.3 Å². The molecule has 0 saturated heterocycles. The predicted molar refractivity (Wildman–Crippen MR) is 90.8 cm³/mol. The molecule has 0 aliphatic heterocycles. The number of nitrogens with zero attached hydrogens (tertiary/aromatic N) is 2. The molecule has 0 saturated carbocycles. The molecule has 0 bridgehead atoms. The van der Waals surface area contributed by atoms with E-state index in [9.17, 15) is 9.59 Å². The first-order valence-electron chi connectivity index (χ1n) is 7.18. The number of aryl methyl sites for hydroxylation is 2. The molecular weight excluding hydrogens is 330 g/mol. The molecule has 1 N–H and O–H groups in total. The number of hydrogen-bond donors (Lipinski definition) is 1. The van der Waals surface area contributed by atoms with Crippen molar-refractivity contribution in [2.75, 3.05) is 12.4 Å². The monoisotopic (exact) mass is 345 g/mol. The van der Waals surface area contributed by atoms with Gasteiger partial charge in [-0.1, -0.05) is 11.3 Å². The Morgan fingerprint density at radius 1 is 1.33 bits per heavy atom. The topological polar surface area (TPSA) is 94.3 Å². The van der Waals surface area contributed by atoms with Crippen molar-refractivity contribution in [3.63, 3.8) is 0 Å². The molecule has 3 rings (SSSR count). The number of rotatable bonds is 4. The lowest BCUT2D eigenvalue weighted by Gasteiger charge is -2.08. The maximum atomic E-state index is 12.2. The molecule has 0 spiro atoms. The predicted octanol–water partition coefficient (Wildman–Crippen LogP) is 2.45. The maximum absolute atomic E-state index is 12.2. The molecule has 7 nitrogen and oxygen atoms in total. The molecular formula is C16H15N3O4S. The van der Waals surface area contributed by atoms with Gasteiger partial charge in [-0.15, -0.1) is 10.2 Å². The molecule has 3 aromatic rings. The highest BCUT2D eigenvalue weighted by Crippen LogP contribution is 2.24. The Bertz CT molecular complexity index is 977. The number of aromatic nitrogens is 2. The third kappa shape index (κ3) is 3.13. The van der Waals surface area contributed by atoms with Crippen molar-refractivity contribution >= 4 is 33.3 Å². The van der Waals surface area contributed by atoms with Crippen LogP contribution in [-0.2, 0) is 11.2 Å². The van der Waals surface area contributed by atoms with E-state index in [1.165, 1.54) is 11.3 Å². The van der Waals surface area contributed by atoms with Crippen molar-refractivity contribution in [3.8, 4) is 5.75 Å². The summed E-state index contributed by atoms with van der Waals surface area (Å²) in [6, 6.07) is 5.24. The standard InChI is InChI=1S/C16H15N3O4S/c1-8-11-5-4-10(22-3)6-13(11)23-15(21)12(8)7-14(20)17-16-19-18-9(2)24-16/h4-6H,7H2,1-3H3,(H,17,19,20). The van der Waals surface area contributed by atoms with Gasteiger partial charge in [-0.3, -0.25) is 4.79 Å². The van der Waals surface area contributed by atoms with Gasteiger partial charge in [0.15, 0.2) is 0 Å². The lowest BCUT2D eigenvalue weighted by Crippen LogP contribution is -2.20. The maximum Gasteiger partial charge on any atom is 0.340 e. The fourth-order valence-electron chi connectivity index (χ4n) is 2.38. The number of fused-ring (bicyclic) bond motifs is 1. The summed E-state index contributed by atoms with van der Waals surface area (Å²) < 4.78 is 10.5. The lowest BCUT2D eigenvalue weighted by molar-refractivity contribution is -0.115. The second-order valence-corrected chi connectivity index (χ2v) is 6.39. The van der Waals surface area contributed by atoms with Crippen molar-refractivity contribution in [1.29, 1.82) is 0 Å². The molecule has 1 aromatic carbocycles. The number of benzene rings is 1. The smallest absolute Gasteiger partial charge is 0.340 e. The van der Waals surface area contributed by atoms with Gasteiger partial charge < -0.3 is 14.5 Å². The molecule has 0 atom stereocenters. The minimum Gasteiger partial charge on any atom is -0.497 e. The van der Waals surface area contributed by atoms with E-state index in [0.29, 0.717) is 27.6 Å². The van der Waals surface area contributed by atoms with Gasteiger partial charge in [-0.05, 0) is 31.5 Å². The zero-order chi connectivity index (χ0) is 17.3. The SMILES string of the molecule is COc1ccc2c(C)c(CC(=O)Nc3nnc(C)s3)c(=O)oc2c1. The number of anilines is 1. The zero-order valence-electron chi connectivity index (χ0n) is 13.4. The first kappa shape index (κ1) is 16.1. The van der Waals surface area contributed by atoms with E-state index in [1.807, 2.05) is 6.07 Å². The number of carbonyl (C=O) groups is 1. The highest BCUT2D eigenvalue weighted by molar-refractivity contribution is 7.15. The minimum atomic E-state index is -0.531. The van der Waals surface area contributed by atoms with Crippen LogP contribution in [0.1, 0.15) is 16.1 Å². The summed E-state index contributed by atoms with van der Waals surface area (Å²) in [5.41, 5.74) is 0.941. The van der Waals surface area contributed by atoms with Gasteiger partial charge in [0.25, 0.3) is 0 Å². The second-order valence-electron chi connectivity index (χ2n) is 5.21. The third-order valence-electron chi connectivity index (χ3n) is 3.60.